The van der Waals surface area contributed by atoms with Crippen LogP contribution in [0.25, 0.3) is 10.9 Å². The molecule has 0 unspecified atom stereocenters. The average Bonchev–Trinajstić information content (AvgIpc) is 2.71. The van der Waals surface area contributed by atoms with Crippen molar-refractivity contribution in [2.45, 2.75) is 31.3 Å². The van der Waals surface area contributed by atoms with Crippen LogP contribution in [0.3, 0.4) is 0 Å². The Bertz CT molecular complexity index is 910. The van der Waals surface area contributed by atoms with Gasteiger partial charge in [0, 0.05) is 29.2 Å². The van der Waals surface area contributed by atoms with Crippen molar-refractivity contribution in [1.82, 2.24) is 4.98 Å². The predicted molar refractivity (Wildman–Crippen MR) is 105 cm³/mol. The van der Waals surface area contributed by atoms with Crippen molar-refractivity contribution in [3.05, 3.63) is 71.4 Å². The van der Waals surface area contributed by atoms with Crippen LogP contribution in [-0.4, -0.2) is 34.5 Å². The Morgan fingerprint density at radius 3 is 2.69 bits per heavy atom. The largest absolute Gasteiger partial charge is 0.394 e. The number of hydrogen-bond acceptors (Lipinski definition) is 4. The maximum Gasteiger partial charge on any atom is 0.0942 e. The van der Waals surface area contributed by atoms with Crippen LogP contribution < -0.4 is 5.32 Å². The summed E-state index contributed by atoms with van der Waals surface area (Å²) in [7, 11) is 0. The fourth-order valence-electron chi connectivity index (χ4n) is 3.79. The molecule has 1 aliphatic carbocycles. The Morgan fingerprint density at radius 2 is 1.85 bits per heavy atom. The second-order valence-electron chi connectivity index (χ2n) is 7.04. The van der Waals surface area contributed by atoms with Gasteiger partial charge in [0.1, 0.15) is 0 Å². The summed E-state index contributed by atoms with van der Waals surface area (Å²) < 4.78 is 0. The minimum absolute atomic E-state index is 0.248. The van der Waals surface area contributed by atoms with E-state index in [2.05, 4.69) is 35.6 Å². The molecule has 134 valence electrons. The third-order valence-corrected chi connectivity index (χ3v) is 5.24. The van der Waals surface area contributed by atoms with Crippen molar-refractivity contribution in [2.75, 3.05) is 18.5 Å². The number of aliphatic hydroxyl groups is 2. The van der Waals surface area contributed by atoms with Crippen LogP contribution in [-0.2, 0) is 12.8 Å². The highest BCUT2D eigenvalue weighted by molar-refractivity contribution is 5.91. The van der Waals surface area contributed by atoms with Gasteiger partial charge in [0.15, 0.2) is 0 Å². The lowest BCUT2D eigenvalue weighted by Gasteiger charge is -2.25. The third kappa shape index (κ3) is 3.43. The number of pyridine rings is 1. The minimum Gasteiger partial charge on any atom is -0.394 e. The van der Waals surface area contributed by atoms with Crippen molar-refractivity contribution in [3.8, 4) is 0 Å². The molecular formula is C22H24N2O2. The van der Waals surface area contributed by atoms with E-state index in [4.69, 9.17) is 10.1 Å². The zero-order chi connectivity index (χ0) is 17.9. The Labute approximate surface area is 153 Å². The van der Waals surface area contributed by atoms with Crippen molar-refractivity contribution in [1.29, 1.82) is 0 Å². The lowest BCUT2D eigenvalue weighted by Crippen LogP contribution is -2.23. The first kappa shape index (κ1) is 17.0. The van der Waals surface area contributed by atoms with Crippen LogP contribution in [0.5, 0.6) is 0 Å². The van der Waals surface area contributed by atoms with Crippen LogP contribution in [0.4, 0.5) is 5.69 Å². The fraction of sp³-hybridized carbons (Fsp3) is 0.318. The molecular weight excluding hydrogens is 324 g/mol. The molecule has 2 aromatic carbocycles. The molecule has 0 radical (unpaired) electrons. The number of nitrogens with zero attached hydrogens (tertiary/aromatic N) is 1. The van der Waals surface area contributed by atoms with Gasteiger partial charge in [0.05, 0.1) is 18.2 Å². The molecule has 1 heterocycles. The maximum absolute atomic E-state index is 9.69. The Morgan fingerprint density at radius 1 is 1.08 bits per heavy atom. The summed E-state index contributed by atoms with van der Waals surface area (Å²) in [6.45, 7) is 0.0692. The molecule has 4 nitrogen and oxygen atoms in total. The zero-order valence-electron chi connectivity index (χ0n) is 14.7. The number of benzene rings is 2. The fourth-order valence-corrected chi connectivity index (χ4v) is 3.79. The SMILES string of the molecule is OC[C@H](O)CNc1cc([C@@H]2CCc3ccccc3C2)nc2ccccc12. The van der Waals surface area contributed by atoms with E-state index in [1.54, 1.807) is 0 Å². The van der Waals surface area contributed by atoms with Crippen LogP contribution in [0, 0.1) is 0 Å². The van der Waals surface area contributed by atoms with E-state index in [1.165, 1.54) is 11.1 Å². The van der Waals surface area contributed by atoms with Gasteiger partial charge in [-0.3, -0.25) is 4.98 Å². The van der Waals surface area contributed by atoms with Gasteiger partial charge in [-0.05, 0) is 42.5 Å². The number of aliphatic hydroxyl groups excluding tert-OH is 2. The van der Waals surface area contributed by atoms with Crippen molar-refractivity contribution in [3.63, 3.8) is 0 Å². The summed E-state index contributed by atoms with van der Waals surface area (Å²) in [5.74, 6) is 0.401. The smallest absolute Gasteiger partial charge is 0.0942 e. The number of fused-ring (bicyclic) bond motifs is 2. The van der Waals surface area contributed by atoms with Gasteiger partial charge in [-0.1, -0.05) is 42.5 Å². The molecule has 3 aromatic rings. The van der Waals surface area contributed by atoms with Gasteiger partial charge in [0.2, 0.25) is 0 Å². The molecule has 4 rings (SSSR count). The number of rotatable bonds is 5. The predicted octanol–water partition coefficient (Wildman–Crippen LogP) is 3.27. The number of para-hydroxylation sites is 1. The van der Waals surface area contributed by atoms with E-state index >= 15 is 0 Å². The van der Waals surface area contributed by atoms with E-state index < -0.39 is 6.10 Å². The van der Waals surface area contributed by atoms with Gasteiger partial charge in [0.25, 0.3) is 0 Å². The highest BCUT2D eigenvalue weighted by atomic mass is 16.3. The average molecular weight is 348 g/mol. The van der Waals surface area contributed by atoms with E-state index in [0.29, 0.717) is 12.5 Å². The van der Waals surface area contributed by atoms with Crippen molar-refractivity contribution < 1.29 is 10.2 Å². The topological polar surface area (TPSA) is 65.4 Å². The molecule has 2 atom stereocenters. The maximum atomic E-state index is 9.69. The number of aryl methyl sites for hydroxylation is 1. The van der Waals surface area contributed by atoms with E-state index in [0.717, 1.165) is 41.5 Å². The molecule has 0 spiro atoms. The number of anilines is 1. The normalized spacial score (nSPS) is 17.7. The van der Waals surface area contributed by atoms with E-state index in [1.807, 2.05) is 24.3 Å². The highest BCUT2D eigenvalue weighted by Gasteiger charge is 2.22. The molecule has 0 bridgehead atoms. The third-order valence-electron chi connectivity index (χ3n) is 5.24. The van der Waals surface area contributed by atoms with Crippen molar-refractivity contribution >= 4 is 16.6 Å². The molecule has 4 heteroatoms. The summed E-state index contributed by atoms with van der Waals surface area (Å²) in [5, 5.41) is 23.1. The van der Waals surface area contributed by atoms with Crippen LogP contribution in [0.2, 0.25) is 0 Å². The van der Waals surface area contributed by atoms with E-state index in [9.17, 15) is 5.11 Å². The molecule has 0 saturated carbocycles. The summed E-state index contributed by atoms with van der Waals surface area (Å²) in [6, 6.07) is 18.8. The summed E-state index contributed by atoms with van der Waals surface area (Å²) in [6.07, 6.45) is 2.43. The van der Waals surface area contributed by atoms with E-state index in [-0.39, 0.29) is 6.61 Å². The lowest BCUT2D eigenvalue weighted by atomic mass is 9.82. The zero-order valence-corrected chi connectivity index (χ0v) is 14.7. The number of hydrogen-bond donors (Lipinski definition) is 3. The second-order valence-corrected chi connectivity index (χ2v) is 7.04. The first-order valence-corrected chi connectivity index (χ1v) is 9.24. The van der Waals surface area contributed by atoms with Crippen LogP contribution >= 0.6 is 0 Å². The Balaban J connectivity index is 1.67. The molecule has 0 aliphatic heterocycles. The van der Waals surface area contributed by atoms with Gasteiger partial charge < -0.3 is 15.5 Å². The summed E-state index contributed by atoms with van der Waals surface area (Å²) in [5.41, 5.74) is 5.90. The molecule has 26 heavy (non-hydrogen) atoms. The summed E-state index contributed by atoms with van der Waals surface area (Å²) >= 11 is 0. The first-order valence-electron chi connectivity index (χ1n) is 9.24. The molecule has 0 amide bonds. The monoisotopic (exact) mass is 348 g/mol. The summed E-state index contributed by atoms with van der Waals surface area (Å²) in [4.78, 5) is 4.93. The Hall–Kier alpha value is -2.43. The second kappa shape index (κ2) is 7.44. The molecule has 1 aromatic heterocycles. The number of aromatic nitrogens is 1. The quantitative estimate of drug-likeness (QED) is 0.662. The number of nitrogens with one attached hydrogen (secondary N) is 1. The standard InChI is InChI=1S/C22H24N2O2/c25-14-18(26)13-23-22-12-21(24-20-8-4-3-7-19(20)22)17-10-9-15-5-1-2-6-16(15)11-17/h1-8,12,17-18,25-26H,9-11,13-14H2,(H,23,24)/t17-,18-/m1/s1. The van der Waals surface area contributed by atoms with Gasteiger partial charge in [-0.25, -0.2) is 0 Å². The van der Waals surface area contributed by atoms with Gasteiger partial charge in [-0.2, -0.15) is 0 Å². The van der Waals surface area contributed by atoms with Gasteiger partial charge >= 0.3 is 0 Å². The first-order chi connectivity index (χ1) is 12.7. The molecule has 0 saturated heterocycles. The Kier molecular flexibility index (Phi) is 4.87. The van der Waals surface area contributed by atoms with Crippen LogP contribution in [0.1, 0.15) is 29.2 Å². The minimum atomic E-state index is -0.771. The molecule has 1 aliphatic rings. The highest BCUT2D eigenvalue weighted by Crippen LogP contribution is 2.34. The molecule has 3 N–H and O–H groups in total. The lowest BCUT2D eigenvalue weighted by molar-refractivity contribution is 0.105. The molecule has 0 fully saturated rings. The van der Waals surface area contributed by atoms with Crippen molar-refractivity contribution in [2.24, 2.45) is 0 Å². The van der Waals surface area contributed by atoms with Gasteiger partial charge in [-0.15, -0.1) is 0 Å². The van der Waals surface area contributed by atoms with Crippen LogP contribution in [0.15, 0.2) is 54.6 Å².